The van der Waals surface area contributed by atoms with Gasteiger partial charge in [-0.25, -0.2) is 4.79 Å². The fourth-order valence-corrected chi connectivity index (χ4v) is 1.70. The van der Waals surface area contributed by atoms with E-state index in [2.05, 4.69) is 0 Å². The molecule has 88 valence electrons. The smallest absolute Gasteiger partial charge is 0.299 e. The van der Waals surface area contributed by atoms with E-state index in [-0.39, 0.29) is 17.0 Å². The van der Waals surface area contributed by atoms with Crippen LogP contribution in [0.5, 0.6) is 0 Å². The molecule has 0 N–H and O–H groups in total. The van der Waals surface area contributed by atoms with Crippen molar-refractivity contribution in [3.63, 3.8) is 0 Å². The predicted octanol–water partition coefficient (Wildman–Crippen LogP) is 0.113. The molecule has 0 bridgehead atoms. The summed E-state index contributed by atoms with van der Waals surface area (Å²) in [4.78, 5) is 34.5. The molecule has 0 saturated heterocycles. The van der Waals surface area contributed by atoms with Crippen molar-refractivity contribution >= 4 is 17.5 Å². The van der Waals surface area contributed by atoms with Crippen LogP contribution in [0.4, 0.5) is 0 Å². The number of carbonyl (C=O) groups excluding carboxylic acids is 1. The van der Waals surface area contributed by atoms with E-state index in [0.717, 1.165) is 10.3 Å². The minimum Gasteiger partial charge on any atom is -0.299 e. The molecule has 0 atom stereocenters. The van der Waals surface area contributed by atoms with E-state index in [9.17, 15) is 14.4 Å². The van der Waals surface area contributed by atoms with Gasteiger partial charge in [-0.2, -0.15) is 11.8 Å². The number of carbonyl (C=O) groups is 1. The summed E-state index contributed by atoms with van der Waals surface area (Å²) in [5, 5.41) is 0. The van der Waals surface area contributed by atoms with E-state index in [0.29, 0.717) is 6.54 Å². The number of rotatable bonds is 4. The zero-order valence-corrected chi connectivity index (χ0v) is 10.3. The molecule has 0 aliphatic carbocycles. The second kappa shape index (κ2) is 5.16. The van der Waals surface area contributed by atoms with Gasteiger partial charge < -0.3 is 0 Å². The quantitative estimate of drug-likeness (QED) is 0.703. The van der Waals surface area contributed by atoms with Crippen LogP contribution in [-0.4, -0.2) is 26.9 Å². The molecule has 0 aliphatic rings. The van der Waals surface area contributed by atoms with Gasteiger partial charge in [0.1, 0.15) is 0 Å². The summed E-state index contributed by atoms with van der Waals surface area (Å²) in [5.41, 5.74) is -0.856. The summed E-state index contributed by atoms with van der Waals surface area (Å²) in [6.07, 6.45) is 3.28. The van der Waals surface area contributed by atoms with Crippen LogP contribution in [0, 0.1) is 0 Å². The summed E-state index contributed by atoms with van der Waals surface area (Å²) in [6, 6.07) is 0. The molecule has 6 heteroatoms. The van der Waals surface area contributed by atoms with Gasteiger partial charge in [0.05, 0.1) is 5.56 Å². The molecule has 0 aliphatic heterocycles. The molecule has 16 heavy (non-hydrogen) atoms. The second-order valence-electron chi connectivity index (χ2n) is 3.43. The minimum absolute atomic E-state index is 0.0585. The molecule has 0 aromatic carbocycles. The first-order valence-corrected chi connectivity index (χ1v) is 6.18. The van der Waals surface area contributed by atoms with Gasteiger partial charge in [-0.15, -0.1) is 0 Å². The highest BCUT2D eigenvalue weighted by Gasteiger charge is 2.11. The fourth-order valence-electron chi connectivity index (χ4n) is 1.32. The SMILES string of the molecule is CSCCn1cc(C(C)=O)c(=O)n(C)c1=O. The molecule has 5 nitrogen and oxygen atoms in total. The van der Waals surface area contributed by atoms with Crippen LogP contribution in [0.15, 0.2) is 15.8 Å². The lowest BCUT2D eigenvalue weighted by Crippen LogP contribution is -2.40. The van der Waals surface area contributed by atoms with Gasteiger partial charge in [-0.1, -0.05) is 0 Å². The van der Waals surface area contributed by atoms with Crippen molar-refractivity contribution < 1.29 is 4.79 Å². The van der Waals surface area contributed by atoms with Gasteiger partial charge in [0.25, 0.3) is 5.56 Å². The first-order valence-electron chi connectivity index (χ1n) is 4.79. The summed E-state index contributed by atoms with van der Waals surface area (Å²) in [6.45, 7) is 1.81. The maximum absolute atomic E-state index is 11.7. The maximum atomic E-state index is 11.7. The van der Waals surface area contributed by atoms with Gasteiger partial charge >= 0.3 is 5.69 Å². The molecule has 0 amide bonds. The molecule has 0 radical (unpaired) electrons. The third-order valence-corrected chi connectivity index (χ3v) is 2.86. The van der Waals surface area contributed by atoms with Gasteiger partial charge in [-0.05, 0) is 13.2 Å². The molecule has 0 spiro atoms. The standard InChI is InChI=1S/C10H14N2O3S/c1-7(13)8-6-12(4-5-16-3)10(15)11(2)9(8)14/h6H,4-5H2,1-3H3. The van der Waals surface area contributed by atoms with E-state index in [1.54, 1.807) is 11.8 Å². The maximum Gasteiger partial charge on any atom is 0.330 e. The minimum atomic E-state index is -0.530. The van der Waals surface area contributed by atoms with Crippen molar-refractivity contribution in [2.45, 2.75) is 13.5 Å². The zero-order valence-electron chi connectivity index (χ0n) is 9.52. The number of Topliss-reactive ketones (excluding diaryl/α,β-unsaturated/α-hetero) is 1. The first kappa shape index (κ1) is 12.8. The van der Waals surface area contributed by atoms with Gasteiger partial charge in [-0.3, -0.25) is 18.7 Å². The van der Waals surface area contributed by atoms with E-state index >= 15 is 0 Å². The lowest BCUT2D eigenvalue weighted by molar-refractivity contribution is 0.101. The number of ketones is 1. The van der Waals surface area contributed by atoms with Crippen molar-refractivity contribution in [2.75, 3.05) is 12.0 Å². The van der Waals surface area contributed by atoms with Crippen LogP contribution in [0.25, 0.3) is 0 Å². The summed E-state index contributed by atoms with van der Waals surface area (Å²) in [7, 11) is 1.38. The van der Waals surface area contributed by atoms with E-state index in [1.807, 2.05) is 6.26 Å². The fraction of sp³-hybridized carbons (Fsp3) is 0.500. The van der Waals surface area contributed by atoms with Crippen LogP contribution in [-0.2, 0) is 13.6 Å². The van der Waals surface area contributed by atoms with Gasteiger partial charge in [0.2, 0.25) is 0 Å². The lowest BCUT2D eigenvalue weighted by Gasteiger charge is -2.08. The number of aromatic nitrogens is 2. The molecule has 1 aromatic heterocycles. The Kier molecular flexibility index (Phi) is 4.12. The highest BCUT2D eigenvalue weighted by molar-refractivity contribution is 7.98. The molecule has 1 rings (SSSR count). The van der Waals surface area contributed by atoms with Crippen molar-refractivity contribution in [2.24, 2.45) is 7.05 Å². The second-order valence-corrected chi connectivity index (χ2v) is 4.42. The molecular formula is C10H14N2O3S. The number of nitrogens with zero attached hydrogens (tertiary/aromatic N) is 2. The van der Waals surface area contributed by atoms with Crippen molar-refractivity contribution in [3.05, 3.63) is 32.6 Å². The molecule has 1 aromatic rings. The summed E-state index contributed by atoms with van der Waals surface area (Å²) < 4.78 is 2.37. The van der Waals surface area contributed by atoms with Crippen LogP contribution < -0.4 is 11.2 Å². The van der Waals surface area contributed by atoms with Crippen molar-refractivity contribution in [3.8, 4) is 0 Å². The largest absolute Gasteiger partial charge is 0.330 e. The average Bonchev–Trinajstić information content (AvgIpc) is 2.24. The summed E-state index contributed by atoms with van der Waals surface area (Å²) in [5.74, 6) is 0.439. The van der Waals surface area contributed by atoms with Gasteiger partial charge in [0.15, 0.2) is 5.78 Å². The Morgan fingerprint density at radius 3 is 2.56 bits per heavy atom. The van der Waals surface area contributed by atoms with Gasteiger partial charge in [0, 0.05) is 25.5 Å². The highest BCUT2D eigenvalue weighted by Crippen LogP contribution is 1.95. The Morgan fingerprint density at radius 1 is 1.44 bits per heavy atom. The molecule has 0 fully saturated rings. The highest BCUT2D eigenvalue weighted by atomic mass is 32.2. The number of aryl methyl sites for hydroxylation is 1. The number of hydrogen-bond acceptors (Lipinski definition) is 4. The number of thioether (sulfide) groups is 1. The molecular weight excluding hydrogens is 228 g/mol. The Hall–Kier alpha value is -1.30. The first-order chi connectivity index (χ1) is 7.49. The van der Waals surface area contributed by atoms with E-state index in [1.165, 1.54) is 24.7 Å². The van der Waals surface area contributed by atoms with Crippen LogP contribution in [0.3, 0.4) is 0 Å². The Balaban J connectivity index is 3.36. The number of hydrogen-bond donors (Lipinski definition) is 0. The molecule has 0 saturated carbocycles. The van der Waals surface area contributed by atoms with Crippen LogP contribution in [0.1, 0.15) is 17.3 Å². The van der Waals surface area contributed by atoms with Crippen molar-refractivity contribution in [1.29, 1.82) is 0 Å². The normalized spacial score (nSPS) is 10.4. The van der Waals surface area contributed by atoms with Crippen molar-refractivity contribution in [1.82, 2.24) is 9.13 Å². The van der Waals surface area contributed by atoms with Crippen LogP contribution in [0.2, 0.25) is 0 Å². The molecule has 0 unspecified atom stereocenters. The average molecular weight is 242 g/mol. The predicted molar refractivity (Wildman–Crippen MR) is 64.3 cm³/mol. The zero-order chi connectivity index (χ0) is 12.3. The Bertz CT molecular complexity index is 516. The third-order valence-electron chi connectivity index (χ3n) is 2.27. The summed E-state index contributed by atoms with van der Waals surface area (Å²) >= 11 is 1.60. The third kappa shape index (κ3) is 2.44. The Labute approximate surface area is 97.1 Å². The lowest BCUT2D eigenvalue weighted by atomic mass is 10.2. The van der Waals surface area contributed by atoms with E-state index in [4.69, 9.17) is 0 Å². The monoisotopic (exact) mass is 242 g/mol. The molecule has 1 heterocycles. The Morgan fingerprint density at radius 2 is 2.06 bits per heavy atom. The topological polar surface area (TPSA) is 61.1 Å². The van der Waals surface area contributed by atoms with Crippen LogP contribution >= 0.6 is 11.8 Å². The van der Waals surface area contributed by atoms with E-state index < -0.39 is 5.56 Å².